The Morgan fingerprint density at radius 2 is 1.97 bits per heavy atom. The number of aliphatic carboxylic acids is 1. The summed E-state index contributed by atoms with van der Waals surface area (Å²) < 4.78 is 43.5. The predicted molar refractivity (Wildman–Crippen MR) is 126 cm³/mol. The minimum atomic E-state index is -4.75. The van der Waals surface area contributed by atoms with E-state index in [1.54, 1.807) is 6.20 Å². The zero-order valence-electron chi connectivity index (χ0n) is 19.9. The Balaban J connectivity index is 1.70. The third-order valence-corrected chi connectivity index (χ3v) is 6.29. The molecular weight excluding hydrogens is 461 g/mol. The van der Waals surface area contributed by atoms with Crippen molar-refractivity contribution in [2.24, 2.45) is 11.3 Å². The maximum absolute atomic E-state index is 12.5. The summed E-state index contributed by atoms with van der Waals surface area (Å²) >= 11 is 0. The number of imidazole rings is 1. The summed E-state index contributed by atoms with van der Waals surface area (Å²) in [5.41, 5.74) is 2.81. The van der Waals surface area contributed by atoms with E-state index < -0.39 is 12.3 Å². The van der Waals surface area contributed by atoms with E-state index in [0.29, 0.717) is 35.1 Å². The summed E-state index contributed by atoms with van der Waals surface area (Å²) in [7, 11) is 0. The van der Waals surface area contributed by atoms with E-state index in [-0.39, 0.29) is 23.6 Å². The van der Waals surface area contributed by atoms with Crippen LogP contribution in [0.3, 0.4) is 0 Å². The van der Waals surface area contributed by atoms with E-state index in [1.165, 1.54) is 24.3 Å². The molecule has 0 saturated heterocycles. The molecule has 0 bridgehead atoms. The monoisotopic (exact) mass is 490 g/mol. The maximum atomic E-state index is 12.5. The highest BCUT2D eigenvalue weighted by Crippen LogP contribution is 2.45. The van der Waals surface area contributed by atoms with Crippen molar-refractivity contribution >= 4 is 28.8 Å². The highest BCUT2D eigenvalue weighted by Gasteiger charge is 2.35. The van der Waals surface area contributed by atoms with Crippen LogP contribution in [0.1, 0.15) is 58.1 Å². The van der Waals surface area contributed by atoms with Crippen molar-refractivity contribution in [1.29, 1.82) is 0 Å². The van der Waals surface area contributed by atoms with Crippen LogP contribution in [0.5, 0.6) is 5.75 Å². The van der Waals surface area contributed by atoms with E-state index in [0.717, 1.165) is 24.8 Å². The number of nitrogens with one attached hydrogen (secondary N) is 1. The summed E-state index contributed by atoms with van der Waals surface area (Å²) in [6.07, 6.45) is 0.280. The topological polar surface area (TPSA) is 89.3 Å². The van der Waals surface area contributed by atoms with Crippen molar-refractivity contribution < 1.29 is 27.8 Å². The number of carboxylic acids is 1. The molecule has 2 N–H and O–H groups in total. The molecule has 2 aromatic heterocycles. The fraction of sp³-hybridized carbons (Fsp3) is 0.480. The Kier molecular flexibility index (Phi) is 6.66. The lowest BCUT2D eigenvalue weighted by molar-refractivity contribution is -0.274. The molecule has 3 aromatic rings. The second-order valence-electron chi connectivity index (χ2n) is 10.1. The van der Waals surface area contributed by atoms with Crippen molar-refractivity contribution in [2.75, 3.05) is 5.32 Å². The predicted octanol–water partition coefficient (Wildman–Crippen LogP) is 6.48. The number of fused-ring (bicyclic) bond motifs is 1. The molecule has 2 atom stereocenters. The van der Waals surface area contributed by atoms with Gasteiger partial charge in [-0.1, -0.05) is 20.8 Å². The number of rotatable bonds is 7. The molecule has 4 rings (SSSR count). The second-order valence-corrected chi connectivity index (χ2v) is 10.1. The number of benzene rings is 1. The summed E-state index contributed by atoms with van der Waals surface area (Å²) in [6.45, 7) is 6.73. The Labute approximate surface area is 201 Å². The molecule has 0 unspecified atom stereocenters. The van der Waals surface area contributed by atoms with Gasteiger partial charge in [0.05, 0.1) is 0 Å². The molecule has 1 aromatic carbocycles. The third kappa shape index (κ3) is 6.23. The normalized spacial score (nSPS) is 20.1. The number of anilines is 2. The van der Waals surface area contributed by atoms with Gasteiger partial charge in [0.2, 0.25) is 5.95 Å². The lowest BCUT2D eigenvalue weighted by atomic mass is 9.70. The molecule has 35 heavy (non-hydrogen) atoms. The van der Waals surface area contributed by atoms with Crippen LogP contribution in [0.15, 0.2) is 36.5 Å². The maximum Gasteiger partial charge on any atom is 0.573 e. The van der Waals surface area contributed by atoms with Crippen LogP contribution in [-0.4, -0.2) is 32.0 Å². The number of hydrogen-bond acceptors (Lipinski definition) is 5. The van der Waals surface area contributed by atoms with Crippen molar-refractivity contribution in [1.82, 2.24) is 14.5 Å². The number of pyridine rings is 1. The molecule has 1 aliphatic carbocycles. The SMILES string of the molecule is C[C@@H]1C[C@H](n2c(Nc3ccc(OC(F)(F)F)cc3)nc3cc(CCC(=O)O)cnc32)CC(C)(C)C1. The standard InChI is InChI=1S/C25H29F3N4O3/c1-15-10-18(13-24(2,3)12-15)32-22-20(11-16(14-29-22)4-9-21(33)34)31-23(32)30-17-5-7-19(8-6-17)35-25(26,27)28/h5-8,11,14-15,18H,4,9-10,12-13H2,1-3H3,(H,30,31)(H,33,34)/t15-,18+/m1/s1. The average molecular weight is 491 g/mol. The van der Waals surface area contributed by atoms with Gasteiger partial charge in [0.25, 0.3) is 0 Å². The van der Waals surface area contributed by atoms with E-state index in [9.17, 15) is 18.0 Å². The Morgan fingerprint density at radius 3 is 2.60 bits per heavy atom. The van der Waals surface area contributed by atoms with E-state index in [4.69, 9.17) is 10.1 Å². The van der Waals surface area contributed by atoms with Gasteiger partial charge in [0, 0.05) is 24.3 Å². The van der Waals surface area contributed by atoms with Crippen LogP contribution in [0.2, 0.25) is 0 Å². The van der Waals surface area contributed by atoms with Gasteiger partial charge in [-0.05, 0) is 72.9 Å². The van der Waals surface area contributed by atoms with Gasteiger partial charge < -0.3 is 15.2 Å². The third-order valence-electron chi connectivity index (χ3n) is 6.29. The van der Waals surface area contributed by atoms with Gasteiger partial charge in [-0.3, -0.25) is 9.36 Å². The minimum Gasteiger partial charge on any atom is -0.481 e. The molecule has 188 valence electrons. The van der Waals surface area contributed by atoms with Gasteiger partial charge in [0.15, 0.2) is 5.65 Å². The van der Waals surface area contributed by atoms with Gasteiger partial charge in [-0.25, -0.2) is 9.97 Å². The number of hydrogen-bond donors (Lipinski definition) is 2. The Bertz CT molecular complexity index is 1210. The molecule has 10 heteroatoms. The number of ether oxygens (including phenoxy) is 1. The molecule has 0 spiro atoms. The van der Waals surface area contributed by atoms with E-state index >= 15 is 0 Å². The Hall–Kier alpha value is -3.30. The van der Waals surface area contributed by atoms with Crippen LogP contribution < -0.4 is 10.1 Å². The largest absolute Gasteiger partial charge is 0.573 e. The van der Waals surface area contributed by atoms with Crippen molar-refractivity contribution in [3.05, 3.63) is 42.1 Å². The van der Waals surface area contributed by atoms with Crippen LogP contribution >= 0.6 is 0 Å². The first kappa shape index (κ1) is 24.8. The van der Waals surface area contributed by atoms with Crippen molar-refractivity contribution in [3.63, 3.8) is 0 Å². The van der Waals surface area contributed by atoms with Crippen LogP contribution in [0, 0.1) is 11.3 Å². The van der Waals surface area contributed by atoms with Gasteiger partial charge in [-0.2, -0.15) is 0 Å². The number of nitrogens with zero attached hydrogens (tertiary/aromatic N) is 3. The van der Waals surface area contributed by atoms with E-state index in [2.05, 4.69) is 40.4 Å². The quantitative estimate of drug-likeness (QED) is 0.394. The van der Waals surface area contributed by atoms with Crippen molar-refractivity contribution in [2.45, 2.75) is 65.3 Å². The van der Waals surface area contributed by atoms with Crippen LogP contribution in [0.25, 0.3) is 11.2 Å². The lowest BCUT2D eigenvalue weighted by Gasteiger charge is -2.40. The van der Waals surface area contributed by atoms with Gasteiger partial charge in [0.1, 0.15) is 11.3 Å². The smallest absolute Gasteiger partial charge is 0.481 e. The average Bonchev–Trinajstić information content (AvgIpc) is 3.08. The zero-order valence-corrected chi connectivity index (χ0v) is 19.9. The first-order chi connectivity index (χ1) is 16.4. The Morgan fingerprint density at radius 1 is 1.26 bits per heavy atom. The molecular formula is C25H29F3N4O3. The number of halogens is 3. The first-order valence-electron chi connectivity index (χ1n) is 11.6. The summed E-state index contributed by atoms with van der Waals surface area (Å²) in [4.78, 5) is 20.4. The number of carbonyl (C=O) groups is 1. The first-order valence-corrected chi connectivity index (χ1v) is 11.6. The van der Waals surface area contributed by atoms with Crippen LogP contribution in [-0.2, 0) is 11.2 Å². The summed E-state index contributed by atoms with van der Waals surface area (Å²) in [5.74, 6) is -0.136. The van der Waals surface area contributed by atoms with E-state index in [1.807, 2.05) is 6.07 Å². The molecule has 1 aliphatic rings. The molecule has 0 amide bonds. The number of aryl methyl sites for hydroxylation is 1. The zero-order chi connectivity index (χ0) is 25.4. The number of alkyl halides is 3. The molecule has 2 heterocycles. The highest BCUT2D eigenvalue weighted by molar-refractivity contribution is 5.77. The minimum absolute atomic E-state index is 0.000321. The molecule has 1 saturated carbocycles. The fourth-order valence-corrected chi connectivity index (χ4v) is 5.21. The fourth-order valence-electron chi connectivity index (χ4n) is 5.21. The van der Waals surface area contributed by atoms with Gasteiger partial charge >= 0.3 is 12.3 Å². The summed E-state index contributed by atoms with van der Waals surface area (Å²) in [6, 6.07) is 7.48. The summed E-state index contributed by atoms with van der Waals surface area (Å²) in [5, 5.41) is 12.2. The molecule has 7 nitrogen and oxygen atoms in total. The van der Waals surface area contributed by atoms with Crippen molar-refractivity contribution in [3.8, 4) is 5.75 Å². The molecule has 1 fully saturated rings. The highest BCUT2D eigenvalue weighted by atomic mass is 19.4. The number of aromatic nitrogens is 3. The molecule has 0 aliphatic heterocycles. The molecule has 0 radical (unpaired) electrons. The second kappa shape index (κ2) is 9.39. The number of carboxylic acid groups (broad SMARTS) is 1. The van der Waals surface area contributed by atoms with Crippen LogP contribution in [0.4, 0.5) is 24.8 Å². The van der Waals surface area contributed by atoms with Gasteiger partial charge in [-0.15, -0.1) is 13.2 Å². The lowest BCUT2D eigenvalue weighted by Crippen LogP contribution is -2.30.